The lowest BCUT2D eigenvalue weighted by atomic mass is 9.82. The Balaban J connectivity index is 0.000000963. The van der Waals surface area contributed by atoms with Crippen molar-refractivity contribution in [1.29, 1.82) is 0 Å². The van der Waals surface area contributed by atoms with E-state index in [4.69, 9.17) is 10.5 Å². The number of ether oxygens (including phenoxy) is 1. The molecule has 3 heterocycles. The van der Waals surface area contributed by atoms with Gasteiger partial charge in [-0.1, -0.05) is 0 Å². The van der Waals surface area contributed by atoms with E-state index in [1.165, 1.54) is 12.8 Å². The normalized spacial score (nSPS) is 41.8. The Morgan fingerprint density at radius 3 is 2.25 bits per heavy atom. The molecule has 3 aliphatic rings. The van der Waals surface area contributed by atoms with E-state index in [0.29, 0.717) is 24.0 Å². The molecule has 0 spiro atoms. The molecule has 2 N–H and O–H groups in total. The average molecular weight is 247 g/mol. The van der Waals surface area contributed by atoms with Gasteiger partial charge in [-0.25, -0.2) is 0 Å². The molecule has 0 aliphatic carbocycles. The number of hydrogen-bond acceptors (Lipinski definition) is 3. The van der Waals surface area contributed by atoms with Crippen molar-refractivity contribution in [1.82, 2.24) is 4.90 Å². The van der Waals surface area contributed by atoms with Crippen LogP contribution in [-0.4, -0.2) is 42.1 Å². The molecule has 3 aliphatic heterocycles. The molecule has 3 fully saturated rings. The second kappa shape index (κ2) is 4.17. The van der Waals surface area contributed by atoms with Crippen LogP contribution >= 0.6 is 12.4 Å². The summed E-state index contributed by atoms with van der Waals surface area (Å²) in [6, 6.07) is -0.359. The summed E-state index contributed by atoms with van der Waals surface area (Å²) in [4.78, 5) is 13.7. The number of rotatable bonds is 1. The summed E-state index contributed by atoms with van der Waals surface area (Å²) >= 11 is 0. The van der Waals surface area contributed by atoms with E-state index in [0.717, 1.165) is 13.1 Å². The summed E-state index contributed by atoms with van der Waals surface area (Å²) in [6.07, 6.45) is 3.22. The standard InChI is InChI=1S/C11H18N2O2.ClH/c1-6(12)11(14)13-4-7-8(5-13)10-3-2-9(7)15-10;/h6-10H,2-5,12H2,1H3;1H. The molecule has 16 heavy (non-hydrogen) atoms. The van der Waals surface area contributed by atoms with Gasteiger partial charge < -0.3 is 15.4 Å². The highest BCUT2D eigenvalue weighted by Crippen LogP contribution is 2.47. The molecular formula is C11H19ClN2O2. The van der Waals surface area contributed by atoms with Gasteiger partial charge in [0.05, 0.1) is 18.2 Å². The smallest absolute Gasteiger partial charge is 0.239 e. The highest BCUT2D eigenvalue weighted by Gasteiger charge is 2.53. The molecule has 92 valence electrons. The zero-order chi connectivity index (χ0) is 10.6. The summed E-state index contributed by atoms with van der Waals surface area (Å²) in [6.45, 7) is 3.50. The maximum Gasteiger partial charge on any atom is 0.239 e. The largest absolute Gasteiger partial charge is 0.374 e. The number of likely N-dealkylation sites (tertiary alicyclic amines) is 1. The van der Waals surface area contributed by atoms with Crippen LogP contribution in [-0.2, 0) is 9.53 Å². The molecule has 4 nitrogen and oxygen atoms in total. The number of fused-ring (bicyclic) bond motifs is 5. The van der Waals surface area contributed by atoms with Gasteiger partial charge in [0.15, 0.2) is 0 Å². The first-order chi connectivity index (χ1) is 7.16. The first-order valence-electron chi connectivity index (χ1n) is 5.86. The van der Waals surface area contributed by atoms with Gasteiger partial charge in [0, 0.05) is 24.9 Å². The fourth-order valence-corrected chi connectivity index (χ4v) is 3.43. The van der Waals surface area contributed by atoms with Gasteiger partial charge in [-0.15, -0.1) is 12.4 Å². The second-order valence-electron chi connectivity index (χ2n) is 5.15. The Hall–Kier alpha value is -0.320. The molecule has 1 amide bonds. The molecule has 0 radical (unpaired) electrons. The molecule has 0 aromatic heterocycles. The van der Waals surface area contributed by atoms with Gasteiger partial charge in [0.2, 0.25) is 5.91 Å². The molecule has 0 aromatic carbocycles. The van der Waals surface area contributed by atoms with Gasteiger partial charge in [-0.3, -0.25) is 4.79 Å². The molecule has 3 rings (SSSR count). The predicted octanol–water partition coefficient (Wildman–Crippen LogP) is 0.391. The number of hydrogen-bond donors (Lipinski definition) is 1. The van der Waals surface area contributed by atoms with Crippen molar-refractivity contribution in [2.24, 2.45) is 17.6 Å². The van der Waals surface area contributed by atoms with Gasteiger partial charge in [0.25, 0.3) is 0 Å². The SMILES string of the molecule is CC(N)C(=O)N1CC2C3CCC(O3)C2C1.Cl. The van der Waals surface area contributed by atoms with E-state index in [-0.39, 0.29) is 24.4 Å². The average Bonchev–Trinajstić information content (AvgIpc) is 2.87. The van der Waals surface area contributed by atoms with Gasteiger partial charge in [-0.2, -0.15) is 0 Å². The van der Waals surface area contributed by atoms with Crippen molar-refractivity contribution in [2.75, 3.05) is 13.1 Å². The van der Waals surface area contributed by atoms with E-state index in [9.17, 15) is 4.79 Å². The number of amides is 1. The molecule has 0 aromatic rings. The van der Waals surface area contributed by atoms with E-state index < -0.39 is 0 Å². The third kappa shape index (κ3) is 1.63. The molecule has 5 atom stereocenters. The predicted molar refractivity (Wildman–Crippen MR) is 62.4 cm³/mol. The zero-order valence-electron chi connectivity index (χ0n) is 9.46. The van der Waals surface area contributed by atoms with Crippen LogP contribution in [0.4, 0.5) is 0 Å². The Labute approximate surface area is 102 Å². The quantitative estimate of drug-likeness (QED) is 0.728. The second-order valence-corrected chi connectivity index (χ2v) is 5.15. The zero-order valence-corrected chi connectivity index (χ0v) is 10.3. The number of carbonyl (C=O) groups excluding carboxylic acids is 1. The summed E-state index contributed by atoms with van der Waals surface area (Å²) in [5, 5.41) is 0. The Kier molecular flexibility index (Phi) is 3.16. The van der Waals surface area contributed by atoms with Crippen molar-refractivity contribution < 1.29 is 9.53 Å². The van der Waals surface area contributed by atoms with E-state index in [1.807, 2.05) is 4.90 Å². The third-order valence-corrected chi connectivity index (χ3v) is 4.15. The number of nitrogens with two attached hydrogens (primary N) is 1. The van der Waals surface area contributed by atoms with Crippen molar-refractivity contribution in [3.63, 3.8) is 0 Å². The van der Waals surface area contributed by atoms with E-state index in [1.54, 1.807) is 6.92 Å². The van der Waals surface area contributed by atoms with Crippen LogP contribution in [0.3, 0.4) is 0 Å². The van der Waals surface area contributed by atoms with Crippen LogP contribution in [0.5, 0.6) is 0 Å². The maximum absolute atomic E-state index is 11.8. The molecular weight excluding hydrogens is 228 g/mol. The lowest BCUT2D eigenvalue weighted by Gasteiger charge is -2.20. The monoisotopic (exact) mass is 246 g/mol. The van der Waals surface area contributed by atoms with E-state index in [2.05, 4.69) is 0 Å². The fraction of sp³-hybridized carbons (Fsp3) is 0.909. The topological polar surface area (TPSA) is 55.6 Å². The van der Waals surface area contributed by atoms with Crippen LogP contribution in [0, 0.1) is 11.8 Å². The maximum atomic E-state index is 11.8. The molecule has 0 saturated carbocycles. The summed E-state index contributed by atoms with van der Waals surface area (Å²) in [7, 11) is 0. The summed E-state index contributed by atoms with van der Waals surface area (Å²) in [5.74, 6) is 1.28. The minimum atomic E-state index is -0.359. The van der Waals surface area contributed by atoms with Gasteiger partial charge in [0.1, 0.15) is 0 Å². The van der Waals surface area contributed by atoms with Crippen LogP contribution < -0.4 is 5.73 Å². The number of halogens is 1. The van der Waals surface area contributed by atoms with Gasteiger partial charge >= 0.3 is 0 Å². The molecule has 5 unspecified atom stereocenters. The Morgan fingerprint density at radius 2 is 1.81 bits per heavy atom. The van der Waals surface area contributed by atoms with Crippen LogP contribution in [0.15, 0.2) is 0 Å². The molecule has 5 heteroatoms. The lowest BCUT2D eigenvalue weighted by molar-refractivity contribution is -0.131. The fourth-order valence-electron chi connectivity index (χ4n) is 3.43. The minimum Gasteiger partial charge on any atom is -0.374 e. The van der Waals surface area contributed by atoms with Crippen molar-refractivity contribution >= 4 is 18.3 Å². The third-order valence-electron chi connectivity index (χ3n) is 4.15. The Morgan fingerprint density at radius 1 is 1.31 bits per heavy atom. The highest BCUT2D eigenvalue weighted by molar-refractivity contribution is 5.85. The van der Waals surface area contributed by atoms with Crippen molar-refractivity contribution in [3.8, 4) is 0 Å². The molecule has 3 saturated heterocycles. The van der Waals surface area contributed by atoms with Crippen molar-refractivity contribution in [3.05, 3.63) is 0 Å². The van der Waals surface area contributed by atoms with Crippen LogP contribution in [0.25, 0.3) is 0 Å². The van der Waals surface area contributed by atoms with Crippen LogP contribution in [0.1, 0.15) is 19.8 Å². The number of nitrogens with zero attached hydrogens (tertiary/aromatic N) is 1. The van der Waals surface area contributed by atoms with Gasteiger partial charge in [-0.05, 0) is 19.8 Å². The minimum absolute atomic E-state index is 0. The van der Waals surface area contributed by atoms with E-state index >= 15 is 0 Å². The highest BCUT2D eigenvalue weighted by atomic mass is 35.5. The molecule has 2 bridgehead atoms. The Bertz CT molecular complexity index is 280. The van der Waals surface area contributed by atoms with Crippen molar-refractivity contribution in [2.45, 2.75) is 38.0 Å². The summed E-state index contributed by atoms with van der Waals surface area (Å²) < 4.78 is 5.86. The summed E-state index contributed by atoms with van der Waals surface area (Å²) in [5.41, 5.74) is 5.63. The number of carbonyl (C=O) groups is 1. The van der Waals surface area contributed by atoms with Crippen LogP contribution in [0.2, 0.25) is 0 Å². The lowest BCUT2D eigenvalue weighted by Crippen LogP contribution is -2.41. The first kappa shape index (κ1) is 12.1. The first-order valence-corrected chi connectivity index (χ1v) is 5.86.